The van der Waals surface area contributed by atoms with Crippen LogP contribution in [0.2, 0.25) is 0 Å². The highest BCUT2D eigenvalue weighted by molar-refractivity contribution is 7.89. The Morgan fingerprint density at radius 2 is 1.54 bits per heavy atom. The molecule has 4 rings (SSSR count). The lowest BCUT2D eigenvalue weighted by atomic mass is 10.1. The van der Waals surface area contributed by atoms with Crippen molar-refractivity contribution in [3.63, 3.8) is 0 Å². The fourth-order valence-electron chi connectivity index (χ4n) is 4.29. The third-order valence-corrected chi connectivity index (χ3v) is 8.14. The number of ether oxygens (including phenoxy) is 3. The second-order valence-electron chi connectivity index (χ2n) is 8.35. The molecular weight excluding hydrogens is 496 g/mol. The highest BCUT2D eigenvalue weighted by atomic mass is 32.2. The maximum absolute atomic E-state index is 13.8. The van der Waals surface area contributed by atoms with E-state index in [1.165, 1.54) is 45.6 Å². The zero-order valence-corrected chi connectivity index (χ0v) is 21.6. The molecule has 0 bridgehead atoms. The molecule has 1 atom stereocenters. The molecule has 0 saturated carbocycles. The first-order valence-corrected chi connectivity index (χ1v) is 13.0. The van der Waals surface area contributed by atoms with Crippen LogP contribution in [-0.4, -0.2) is 58.5 Å². The summed E-state index contributed by atoms with van der Waals surface area (Å²) >= 11 is 0. The molecule has 10 heteroatoms. The molecule has 1 aliphatic rings. The van der Waals surface area contributed by atoms with Crippen molar-refractivity contribution in [3.8, 4) is 17.2 Å². The number of amides is 2. The smallest absolute Gasteiger partial charge is 0.252 e. The van der Waals surface area contributed by atoms with Crippen LogP contribution in [0, 0.1) is 0 Å². The molecule has 1 fully saturated rings. The molecule has 1 unspecified atom stereocenters. The molecule has 0 aromatic heterocycles. The SMILES string of the molecule is COc1ccc(S(=O)(=O)N(CCc2ccc(OC)c(OC)c2)C2CC(=O)N(c3ccccc3)C2=O)cc1. The zero-order chi connectivity index (χ0) is 26.6. The summed E-state index contributed by atoms with van der Waals surface area (Å²) in [5, 5.41) is 0. The largest absolute Gasteiger partial charge is 0.497 e. The molecule has 194 valence electrons. The standard InChI is InChI=1S/C27H28N2O7S/c1-34-21-10-12-22(13-11-21)37(32,33)28(16-15-19-9-14-24(35-2)25(17-19)36-3)23-18-26(30)29(27(23)31)20-7-5-4-6-8-20/h4-14,17,23H,15-16,18H2,1-3H3. The van der Waals surface area contributed by atoms with E-state index in [0.29, 0.717) is 22.9 Å². The zero-order valence-electron chi connectivity index (χ0n) is 20.8. The Labute approximate surface area is 216 Å². The lowest BCUT2D eigenvalue weighted by Crippen LogP contribution is -2.46. The van der Waals surface area contributed by atoms with Crippen molar-refractivity contribution in [2.24, 2.45) is 0 Å². The summed E-state index contributed by atoms with van der Waals surface area (Å²) < 4.78 is 44.5. The van der Waals surface area contributed by atoms with Gasteiger partial charge in [0.2, 0.25) is 15.9 Å². The predicted octanol–water partition coefficient (Wildman–Crippen LogP) is 3.28. The van der Waals surface area contributed by atoms with Crippen molar-refractivity contribution in [2.75, 3.05) is 32.8 Å². The highest BCUT2D eigenvalue weighted by Gasteiger charge is 2.46. The fraction of sp³-hybridized carbons (Fsp3) is 0.259. The quantitative estimate of drug-likeness (QED) is 0.375. The van der Waals surface area contributed by atoms with Gasteiger partial charge in [-0.25, -0.2) is 13.3 Å². The van der Waals surface area contributed by atoms with Crippen LogP contribution >= 0.6 is 0 Å². The Kier molecular flexibility index (Phi) is 7.80. The molecule has 1 heterocycles. The Morgan fingerprint density at radius 3 is 2.16 bits per heavy atom. The van der Waals surface area contributed by atoms with Gasteiger partial charge >= 0.3 is 0 Å². The minimum atomic E-state index is -4.15. The molecule has 9 nitrogen and oxygen atoms in total. The van der Waals surface area contributed by atoms with Crippen LogP contribution in [0.4, 0.5) is 5.69 Å². The summed E-state index contributed by atoms with van der Waals surface area (Å²) in [4.78, 5) is 27.4. The average molecular weight is 525 g/mol. The number of anilines is 1. The Morgan fingerprint density at radius 1 is 0.865 bits per heavy atom. The summed E-state index contributed by atoms with van der Waals surface area (Å²) in [5.41, 5.74) is 1.19. The van der Waals surface area contributed by atoms with E-state index in [9.17, 15) is 18.0 Å². The van der Waals surface area contributed by atoms with Gasteiger partial charge in [-0.15, -0.1) is 0 Å². The number of methoxy groups -OCH3 is 3. The number of carbonyl (C=O) groups is 2. The van der Waals surface area contributed by atoms with Crippen LogP contribution < -0.4 is 19.1 Å². The molecule has 2 amide bonds. The van der Waals surface area contributed by atoms with Gasteiger partial charge in [0.25, 0.3) is 5.91 Å². The predicted molar refractivity (Wildman–Crippen MR) is 137 cm³/mol. The van der Waals surface area contributed by atoms with Gasteiger partial charge in [-0.1, -0.05) is 24.3 Å². The molecule has 1 saturated heterocycles. The van der Waals surface area contributed by atoms with Crippen LogP contribution in [0.5, 0.6) is 17.2 Å². The third-order valence-electron chi connectivity index (χ3n) is 6.22. The summed E-state index contributed by atoms with van der Waals surface area (Å²) in [7, 11) is 0.385. The number of nitrogens with zero attached hydrogens (tertiary/aromatic N) is 2. The van der Waals surface area contributed by atoms with Gasteiger partial charge in [0.15, 0.2) is 11.5 Å². The summed E-state index contributed by atoms with van der Waals surface area (Å²) in [6, 6.07) is 18.5. The van der Waals surface area contributed by atoms with Crippen molar-refractivity contribution < 1.29 is 32.2 Å². The monoisotopic (exact) mass is 524 g/mol. The fourth-order valence-corrected chi connectivity index (χ4v) is 5.87. The minimum absolute atomic E-state index is 0.000906. The van der Waals surface area contributed by atoms with E-state index in [1.807, 2.05) is 0 Å². The summed E-state index contributed by atoms with van der Waals surface area (Å²) in [5.74, 6) is 0.511. The van der Waals surface area contributed by atoms with Crippen molar-refractivity contribution in [1.82, 2.24) is 4.31 Å². The van der Waals surface area contributed by atoms with Crippen LogP contribution in [0.1, 0.15) is 12.0 Å². The number of para-hydroxylation sites is 1. The van der Waals surface area contributed by atoms with Crippen molar-refractivity contribution in [2.45, 2.75) is 23.8 Å². The Bertz CT molecular complexity index is 1380. The van der Waals surface area contributed by atoms with E-state index in [2.05, 4.69) is 0 Å². The van der Waals surface area contributed by atoms with E-state index in [4.69, 9.17) is 14.2 Å². The van der Waals surface area contributed by atoms with Crippen LogP contribution in [0.25, 0.3) is 0 Å². The summed E-state index contributed by atoms with van der Waals surface area (Å²) in [6.07, 6.45) is 0.0219. The number of benzene rings is 3. The van der Waals surface area contributed by atoms with Crippen molar-refractivity contribution >= 4 is 27.5 Å². The second kappa shape index (κ2) is 11.0. The average Bonchev–Trinajstić information content (AvgIpc) is 3.21. The Hall–Kier alpha value is -3.89. The molecule has 0 N–H and O–H groups in total. The second-order valence-corrected chi connectivity index (χ2v) is 10.2. The Balaban J connectivity index is 1.69. The van der Waals surface area contributed by atoms with E-state index in [1.54, 1.807) is 48.5 Å². The van der Waals surface area contributed by atoms with Crippen LogP contribution in [-0.2, 0) is 26.0 Å². The lowest BCUT2D eigenvalue weighted by Gasteiger charge is -2.27. The minimum Gasteiger partial charge on any atom is -0.497 e. The van der Waals surface area contributed by atoms with Crippen LogP contribution in [0.3, 0.4) is 0 Å². The summed E-state index contributed by atoms with van der Waals surface area (Å²) in [6.45, 7) is -0.0316. The topological polar surface area (TPSA) is 102 Å². The number of carbonyl (C=O) groups excluding carboxylic acids is 2. The molecule has 0 spiro atoms. The number of imide groups is 1. The van der Waals surface area contributed by atoms with Gasteiger partial charge < -0.3 is 14.2 Å². The maximum Gasteiger partial charge on any atom is 0.252 e. The van der Waals surface area contributed by atoms with E-state index >= 15 is 0 Å². The van der Waals surface area contributed by atoms with Crippen molar-refractivity contribution in [3.05, 3.63) is 78.4 Å². The first-order valence-electron chi connectivity index (χ1n) is 11.6. The molecular formula is C27H28N2O7S. The first kappa shape index (κ1) is 26.2. The van der Waals surface area contributed by atoms with Gasteiger partial charge in [-0.3, -0.25) is 9.59 Å². The first-order chi connectivity index (χ1) is 17.8. The van der Waals surface area contributed by atoms with Crippen LogP contribution in [0.15, 0.2) is 77.7 Å². The van der Waals surface area contributed by atoms with E-state index in [0.717, 1.165) is 14.8 Å². The van der Waals surface area contributed by atoms with Gasteiger partial charge in [-0.2, -0.15) is 4.31 Å². The van der Waals surface area contributed by atoms with Gasteiger partial charge in [0, 0.05) is 6.54 Å². The molecule has 3 aromatic rings. The highest BCUT2D eigenvalue weighted by Crippen LogP contribution is 2.31. The molecule has 0 radical (unpaired) electrons. The van der Waals surface area contributed by atoms with Gasteiger partial charge in [0.05, 0.1) is 38.3 Å². The molecule has 1 aliphatic heterocycles. The van der Waals surface area contributed by atoms with Gasteiger partial charge in [-0.05, 0) is 60.5 Å². The number of rotatable bonds is 10. The number of hydrogen-bond donors (Lipinski definition) is 0. The number of sulfonamides is 1. The molecule has 0 aliphatic carbocycles. The lowest BCUT2D eigenvalue weighted by molar-refractivity contribution is -0.122. The maximum atomic E-state index is 13.8. The van der Waals surface area contributed by atoms with E-state index in [-0.39, 0.29) is 24.3 Å². The van der Waals surface area contributed by atoms with Gasteiger partial charge in [0.1, 0.15) is 11.8 Å². The normalized spacial score (nSPS) is 15.8. The number of hydrogen-bond acceptors (Lipinski definition) is 7. The molecule has 37 heavy (non-hydrogen) atoms. The van der Waals surface area contributed by atoms with Crippen molar-refractivity contribution in [1.29, 1.82) is 0 Å². The third kappa shape index (κ3) is 5.30. The van der Waals surface area contributed by atoms with E-state index < -0.39 is 27.9 Å². The molecule has 3 aromatic carbocycles.